The van der Waals surface area contributed by atoms with Crippen molar-refractivity contribution in [3.05, 3.63) is 21.9 Å². The maximum atomic E-state index is 10.9. The maximum absolute atomic E-state index is 10.9. The molecule has 1 rings (SSSR count). The summed E-state index contributed by atoms with van der Waals surface area (Å²) in [5.74, 6) is -0.883. The molecule has 0 saturated heterocycles. The summed E-state index contributed by atoms with van der Waals surface area (Å²) in [6.07, 6.45) is 0.638. The van der Waals surface area contributed by atoms with Gasteiger partial charge in [-0.25, -0.2) is 4.79 Å². The first kappa shape index (κ1) is 13.2. The van der Waals surface area contributed by atoms with Crippen molar-refractivity contribution < 1.29 is 15.0 Å². The van der Waals surface area contributed by atoms with Gasteiger partial charge in [0.1, 0.15) is 4.88 Å². The second kappa shape index (κ2) is 5.43. The second-order valence-electron chi connectivity index (χ2n) is 4.29. The van der Waals surface area contributed by atoms with Crippen molar-refractivity contribution >= 4 is 17.3 Å². The average molecular weight is 243 g/mol. The molecular formula is C11H17NO3S. The Kier molecular flexibility index (Phi) is 4.46. The Labute approximate surface area is 98.9 Å². The van der Waals surface area contributed by atoms with E-state index in [4.69, 9.17) is 10.2 Å². The first-order valence-electron chi connectivity index (χ1n) is 5.12. The number of carboxylic acids is 1. The Balaban J connectivity index is 2.61. The lowest BCUT2D eigenvalue weighted by Crippen LogP contribution is -2.39. The van der Waals surface area contributed by atoms with E-state index in [1.807, 2.05) is 19.9 Å². The van der Waals surface area contributed by atoms with Crippen LogP contribution in [0.5, 0.6) is 0 Å². The van der Waals surface area contributed by atoms with Crippen LogP contribution < -0.4 is 5.32 Å². The van der Waals surface area contributed by atoms with Gasteiger partial charge in [-0.3, -0.25) is 0 Å². The minimum absolute atomic E-state index is 0.120. The molecule has 0 spiro atoms. The van der Waals surface area contributed by atoms with Crippen molar-refractivity contribution in [1.82, 2.24) is 5.32 Å². The minimum Gasteiger partial charge on any atom is -0.477 e. The zero-order valence-electron chi connectivity index (χ0n) is 9.49. The van der Waals surface area contributed by atoms with Crippen molar-refractivity contribution in [3.63, 3.8) is 0 Å². The quantitative estimate of drug-likeness (QED) is 0.711. The zero-order valence-corrected chi connectivity index (χ0v) is 10.3. The number of aromatic carboxylic acids is 1. The number of hydrogen-bond acceptors (Lipinski definition) is 4. The molecule has 0 bridgehead atoms. The van der Waals surface area contributed by atoms with Crippen LogP contribution in [0.25, 0.3) is 0 Å². The third-order valence-corrected chi connectivity index (χ3v) is 3.38. The molecule has 0 radical (unpaired) electrons. The van der Waals surface area contributed by atoms with E-state index in [-0.39, 0.29) is 12.1 Å². The Bertz CT molecular complexity index is 360. The molecule has 4 nitrogen and oxygen atoms in total. The predicted octanol–water partition coefficient (Wildman–Crippen LogP) is 1.70. The molecule has 1 heterocycles. The van der Waals surface area contributed by atoms with E-state index in [1.54, 1.807) is 5.38 Å². The van der Waals surface area contributed by atoms with Gasteiger partial charge < -0.3 is 15.5 Å². The van der Waals surface area contributed by atoms with E-state index in [0.29, 0.717) is 17.8 Å². The summed E-state index contributed by atoms with van der Waals surface area (Å²) in [5, 5.41) is 22.8. The van der Waals surface area contributed by atoms with E-state index in [2.05, 4.69) is 5.32 Å². The van der Waals surface area contributed by atoms with Gasteiger partial charge in [0, 0.05) is 18.7 Å². The Morgan fingerprint density at radius 1 is 1.56 bits per heavy atom. The molecule has 5 heteroatoms. The standard InChI is InChI=1S/C11H17NO3S/c1-11(2,4-5-13)12-7-8-3-6-16-9(8)10(14)15/h3,6,12-13H,4-5,7H2,1-2H3,(H,14,15). The van der Waals surface area contributed by atoms with Crippen LogP contribution in [-0.4, -0.2) is 28.3 Å². The average Bonchev–Trinajstić information content (AvgIpc) is 2.62. The lowest BCUT2D eigenvalue weighted by atomic mass is 10.0. The Morgan fingerprint density at radius 2 is 2.25 bits per heavy atom. The summed E-state index contributed by atoms with van der Waals surface area (Å²) in [7, 11) is 0. The Hall–Kier alpha value is -0.910. The highest BCUT2D eigenvalue weighted by Gasteiger charge is 2.18. The Morgan fingerprint density at radius 3 is 2.81 bits per heavy atom. The van der Waals surface area contributed by atoms with Gasteiger partial charge in [0.2, 0.25) is 0 Å². The highest BCUT2D eigenvalue weighted by atomic mass is 32.1. The topological polar surface area (TPSA) is 69.6 Å². The molecule has 90 valence electrons. The molecule has 0 saturated carbocycles. The van der Waals surface area contributed by atoms with Crippen molar-refractivity contribution in [2.45, 2.75) is 32.4 Å². The van der Waals surface area contributed by atoms with Crippen LogP contribution in [0.15, 0.2) is 11.4 Å². The molecule has 0 atom stereocenters. The normalized spacial score (nSPS) is 11.7. The van der Waals surface area contributed by atoms with Crippen LogP contribution >= 0.6 is 11.3 Å². The summed E-state index contributed by atoms with van der Waals surface area (Å²) in [6.45, 7) is 4.60. The summed E-state index contributed by atoms with van der Waals surface area (Å²) >= 11 is 1.23. The van der Waals surface area contributed by atoms with E-state index in [0.717, 1.165) is 5.56 Å². The zero-order chi connectivity index (χ0) is 12.2. The van der Waals surface area contributed by atoms with Crippen LogP contribution in [0.1, 0.15) is 35.5 Å². The van der Waals surface area contributed by atoms with Crippen molar-refractivity contribution in [1.29, 1.82) is 0 Å². The lowest BCUT2D eigenvalue weighted by molar-refractivity contribution is 0.0700. The number of rotatable bonds is 6. The van der Waals surface area contributed by atoms with E-state index in [9.17, 15) is 4.79 Å². The fourth-order valence-electron chi connectivity index (χ4n) is 1.36. The molecule has 0 aliphatic heterocycles. The molecule has 0 aromatic carbocycles. The summed E-state index contributed by atoms with van der Waals surface area (Å²) in [6, 6.07) is 1.82. The molecule has 0 fully saturated rings. The van der Waals surface area contributed by atoms with Gasteiger partial charge in [-0.05, 0) is 37.3 Å². The van der Waals surface area contributed by atoms with Gasteiger partial charge in [0.25, 0.3) is 0 Å². The largest absolute Gasteiger partial charge is 0.477 e. The van der Waals surface area contributed by atoms with E-state index in [1.165, 1.54) is 11.3 Å². The number of aliphatic hydroxyl groups is 1. The molecule has 0 aliphatic rings. The molecule has 3 N–H and O–H groups in total. The van der Waals surface area contributed by atoms with E-state index < -0.39 is 5.97 Å². The monoisotopic (exact) mass is 243 g/mol. The van der Waals surface area contributed by atoms with Crippen molar-refractivity contribution in [3.8, 4) is 0 Å². The number of nitrogens with one attached hydrogen (secondary N) is 1. The minimum atomic E-state index is -0.883. The molecule has 1 aromatic heterocycles. The number of aliphatic hydroxyl groups excluding tert-OH is 1. The molecule has 0 amide bonds. The van der Waals surface area contributed by atoms with Gasteiger partial charge in [-0.2, -0.15) is 0 Å². The number of thiophene rings is 1. The maximum Gasteiger partial charge on any atom is 0.346 e. The second-order valence-corrected chi connectivity index (χ2v) is 5.21. The molecule has 1 aromatic rings. The third-order valence-electron chi connectivity index (χ3n) is 2.44. The first-order valence-corrected chi connectivity index (χ1v) is 6.00. The summed E-state index contributed by atoms with van der Waals surface area (Å²) in [4.78, 5) is 11.3. The fourth-order valence-corrected chi connectivity index (χ4v) is 2.13. The van der Waals surface area contributed by atoms with Crippen molar-refractivity contribution in [2.24, 2.45) is 0 Å². The van der Waals surface area contributed by atoms with Crippen molar-refractivity contribution in [2.75, 3.05) is 6.61 Å². The molecular weight excluding hydrogens is 226 g/mol. The SMILES string of the molecule is CC(C)(CCO)NCc1ccsc1C(=O)O. The third kappa shape index (κ3) is 3.59. The number of carbonyl (C=O) groups is 1. The summed E-state index contributed by atoms with van der Waals surface area (Å²) < 4.78 is 0. The number of carboxylic acid groups (broad SMARTS) is 1. The fraction of sp³-hybridized carbons (Fsp3) is 0.545. The molecule has 0 unspecified atom stereocenters. The van der Waals surface area contributed by atoms with Crippen LogP contribution in [-0.2, 0) is 6.54 Å². The molecule has 0 aliphatic carbocycles. The predicted molar refractivity (Wildman–Crippen MR) is 63.9 cm³/mol. The van der Waals surface area contributed by atoms with Gasteiger partial charge >= 0.3 is 5.97 Å². The molecule has 16 heavy (non-hydrogen) atoms. The van der Waals surface area contributed by atoms with E-state index >= 15 is 0 Å². The number of hydrogen-bond donors (Lipinski definition) is 3. The van der Waals surface area contributed by atoms with Crippen LogP contribution in [0.4, 0.5) is 0 Å². The van der Waals surface area contributed by atoms with Crippen LogP contribution in [0.2, 0.25) is 0 Å². The first-order chi connectivity index (χ1) is 7.46. The van der Waals surface area contributed by atoms with Crippen LogP contribution in [0.3, 0.4) is 0 Å². The van der Waals surface area contributed by atoms with Crippen LogP contribution in [0, 0.1) is 0 Å². The highest BCUT2D eigenvalue weighted by molar-refractivity contribution is 7.12. The highest BCUT2D eigenvalue weighted by Crippen LogP contribution is 2.18. The van der Waals surface area contributed by atoms with Gasteiger partial charge in [0.05, 0.1) is 0 Å². The smallest absolute Gasteiger partial charge is 0.346 e. The summed E-state index contributed by atoms with van der Waals surface area (Å²) in [5.41, 5.74) is 0.607. The van der Waals surface area contributed by atoms with Gasteiger partial charge in [-0.1, -0.05) is 0 Å². The lowest BCUT2D eigenvalue weighted by Gasteiger charge is -2.25. The van der Waals surface area contributed by atoms with Gasteiger partial charge in [0.15, 0.2) is 0 Å². The van der Waals surface area contributed by atoms with Gasteiger partial charge in [-0.15, -0.1) is 11.3 Å².